The van der Waals surface area contributed by atoms with Crippen LogP contribution in [-0.4, -0.2) is 25.1 Å². The molecule has 0 atom stereocenters. The Morgan fingerprint density at radius 1 is 1.14 bits per heavy atom. The summed E-state index contributed by atoms with van der Waals surface area (Å²) in [6, 6.07) is 9.81. The molecule has 4 rings (SSSR count). The van der Waals surface area contributed by atoms with Crippen molar-refractivity contribution in [3.05, 3.63) is 81.7 Å². The number of nitrogens with zero attached hydrogens (tertiary/aromatic N) is 4. The van der Waals surface area contributed by atoms with Gasteiger partial charge in [-0.15, -0.1) is 0 Å². The van der Waals surface area contributed by atoms with Gasteiger partial charge >= 0.3 is 0 Å². The second kappa shape index (κ2) is 7.20. The summed E-state index contributed by atoms with van der Waals surface area (Å²) in [7, 11) is 0. The van der Waals surface area contributed by atoms with Gasteiger partial charge in [-0.3, -0.25) is 4.79 Å². The highest BCUT2D eigenvalue weighted by Gasteiger charge is 2.19. The number of nitrogens with one attached hydrogen (secondary N) is 1. The van der Waals surface area contributed by atoms with Crippen LogP contribution >= 0.6 is 15.9 Å². The second-order valence-corrected chi connectivity index (χ2v) is 7.38. The Balaban J connectivity index is 1.55. The molecular weight excluding hydrogens is 425 g/mol. The van der Waals surface area contributed by atoms with Crippen LogP contribution in [0.15, 0.2) is 53.3 Å². The van der Waals surface area contributed by atoms with Gasteiger partial charge in [0.05, 0.1) is 34.9 Å². The number of fused-ring (bicyclic) bond motifs is 1. The molecule has 4 aromatic rings. The summed E-state index contributed by atoms with van der Waals surface area (Å²) in [5, 5.41) is 7.35. The summed E-state index contributed by atoms with van der Waals surface area (Å²) in [6.45, 7) is 3.91. The fourth-order valence-corrected chi connectivity index (χ4v) is 3.52. The van der Waals surface area contributed by atoms with Crippen molar-refractivity contribution in [3.8, 4) is 5.69 Å². The van der Waals surface area contributed by atoms with Crippen LogP contribution in [-0.2, 0) is 6.54 Å². The highest BCUT2D eigenvalue weighted by Crippen LogP contribution is 2.19. The number of carbonyl (C=O) groups is 1. The third-order valence-corrected chi connectivity index (χ3v) is 4.95. The molecule has 0 aliphatic rings. The van der Waals surface area contributed by atoms with Gasteiger partial charge in [-0.25, -0.2) is 14.1 Å². The maximum Gasteiger partial charge on any atom is 0.255 e. The highest BCUT2D eigenvalue weighted by atomic mass is 79.9. The van der Waals surface area contributed by atoms with Gasteiger partial charge in [0.2, 0.25) is 0 Å². The Kier molecular flexibility index (Phi) is 4.72. The van der Waals surface area contributed by atoms with E-state index in [-0.39, 0.29) is 11.7 Å². The van der Waals surface area contributed by atoms with Crippen molar-refractivity contribution in [1.29, 1.82) is 0 Å². The Morgan fingerprint density at radius 3 is 2.64 bits per heavy atom. The molecule has 3 heterocycles. The number of carbonyl (C=O) groups excluding carboxylic acids is 1. The molecule has 28 heavy (non-hydrogen) atoms. The van der Waals surface area contributed by atoms with Crippen LogP contribution in [0.3, 0.4) is 0 Å². The highest BCUT2D eigenvalue weighted by molar-refractivity contribution is 9.10. The lowest BCUT2D eigenvalue weighted by atomic mass is 10.2. The largest absolute Gasteiger partial charge is 0.346 e. The number of rotatable bonds is 4. The van der Waals surface area contributed by atoms with Gasteiger partial charge in [0, 0.05) is 16.9 Å². The smallest absolute Gasteiger partial charge is 0.255 e. The molecule has 0 saturated heterocycles. The number of benzene rings is 1. The Morgan fingerprint density at radius 2 is 1.89 bits per heavy atom. The molecule has 0 radical (unpaired) electrons. The first-order valence-electron chi connectivity index (χ1n) is 8.66. The third kappa shape index (κ3) is 3.43. The Bertz CT molecular complexity index is 1180. The van der Waals surface area contributed by atoms with E-state index >= 15 is 0 Å². The lowest BCUT2D eigenvalue weighted by Gasteiger charge is -2.06. The summed E-state index contributed by atoms with van der Waals surface area (Å²) in [6.07, 6.45) is 3.79. The average molecular weight is 442 g/mol. The van der Waals surface area contributed by atoms with Crippen LogP contribution in [0.25, 0.3) is 11.3 Å². The van der Waals surface area contributed by atoms with E-state index in [0.717, 1.165) is 15.8 Å². The predicted octanol–water partition coefficient (Wildman–Crippen LogP) is 3.97. The van der Waals surface area contributed by atoms with Gasteiger partial charge in [0.25, 0.3) is 5.91 Å². The lowest BCUT2D eigenvalue weighted by molar-refractivity contribution is 0.0949. The lowest BCUT2D eigenvalue weighted by Crippen LogP contribution is -2.24. The zero-order valence-electron chi connectivity index (χ0n) is 15.3. The maximum absolute atomic E-state index is 13.2. The van der Waals surface area contributed by atoms with Gasteiger partial charge < -0.3 is 9.72 Å². The number of hydrogen-bond donors (Lipinski definition) is 1. The van der Waals surface area contributed by atoms with Crippen LogP contribution in [0, 0.1) is 19.7 Å². The number of aryl methyl sites for hydroxylation is 1. The molecule has 0 unspecified atom stereocenters. The van der Waals surface area contributed by atoms with E-state index in [9.17, 15) is 9.18 Å². The van der Waals surface area contributed by atoms with Crippen molar-refractivity contribution in [2.45, 2.75) is 20.4 Å². The zero-order chi connectivity index (χ0) is 19.8. The fourth-order valence-electron chi connectivity index (χ4n) is 3.17. The molecule has 142 valence electrons. The van der Waals surface area contributed by atoms with Gasteiger partial charge in [0.1, 0.15) is 11.5 Å². The van der Waals surface area contributed by atoms with Crippen molar-refractivity contribution < 1.29 is 9.18 Å². The van der Waals surface area contributed by atoms with Crippen LogP contribution < -0.4 is 5.32 Å². The molecule has 8 heteroatoms. The second-order valence-electron chi connectivity index (χ2n) is 6.46. The summed E-state index contributed by atoms with van der Waals surface area (Å²) in [5.74, 6) is -0.538. The molecule has 1 N–H and O–H groups in total. The molecule has 0 fully saturated rings. The zero-order valence-corrected chi connectivity index (χ0v) is 16.9. The average Bonchev–Trinajstić information content (AvgIpc) is 3.20. The minimum absolute atomic E-state index is 0.221. The van der Waals surface area contributed by atoms with Crippen LogP contribution in [0.4, 0.5) is 4.39 Å². The van der Waals surface area contributed by atoms with E-state index < -0.39 is 0 Å². The Labute approximate surface area is 169 Å². The molecule has 1 aromatic carbocycles. The normalized spacial score (nSPS) is 11.1. The summed E-state index contributed by atoms with van der Waals surface area (Å²) in [5.41, 5.74) is 4.08. The van der Waals surface area contributed by atoms with E-state index in [1.807, 2.05) is 35.9 Å². The fraction of sp³-hybridized carbons (Fsp3) is 0.150. The summed E-state index contributed by atoms with van der Waals surface area (Å²) < 4.78 is 17.7. The van der Waals surface area contributed by atoms with Gasteiger partial charge in [-0.2, -0.15) is 5.10 Å². The molecular formula is C20H17BrFN5O. The van der Waals surface area contributed by atoms with Crippen molar-refractivity contribution in [3.63, 3.8) is 0 Å². The van der Waals surface area contributed by atoms with E-state index in [1.165, 1.54) is 12.1 Å². The molecule has 6 nitrogen and oxygen atoms in total. The van der Waals surface area contributed by atoms with E-state index in [0.29, 0.717) is 29.2 Å². The van der Waals surface area contributed by atoms with Crippen molar-refractivity contribution in [2.24, 2.45) is 0 Å². The Hall–Kier alpha value is -3.00. The predicted molar refractivity (Wildman–Crippen MR) is 107 cm³/mol. The molecule has 3 aromatic heterocycles. The first-order valence-corrected chi connectivity index (χ1v) is 9.45. The first-order chi connectivity index (χ1) is 13.4. The maximum atomic E-state index is 13.2. The molecule has 0 spiro atoms. The number of amides is 1. The minimum Gasteiger partial charge on any atom is -0.346 e. The van der Waals surface area contributed by atoms with Crippen molar-refractivity contribution >= 4 is 27.5 Å². The molecule has 0 aliphatic heterocycles. The number of hydrogen-bond acceptors (Lipinski definition) is 3. The molecule has 0 saturated carbocycles. The van der Waals surface area contributed by atoms with E-state index in [1.54, 1.807) is 23.7 Å². The van der Waals surface area contributed by atoms with Crippen LogP contribution in [0.1, 0.15) is 27.4 Å². The van der Waals surface area contributed by atoms with Crippen molar-refractivity contribution in [1.82, 2.24) is 24.5 Å². The molecule has 0 aliphatic carbocycles. The number of halogens is 2. The van der Waals surface area contributed by atoms with Crippen LogP contribution in [0.2, 0.25) is 0 Å². The van der Waals surface area contributed by atoms with Crippen LogP contribution in [0.5, 0.6) is 0 Å². The van der Waals surface area contributed by atoms with E-state index in [2.05, 4.69) is 31.3 Å². The molecule has 1 amide bonds. The summed E-state index contributed by atoms with van der Waals surface area (Å²) in [4.78, 5) is 17.3. The topological polar surface area (TPSA) is 64.2 Å². The van der Waals surface area contributed by atoms with Gasteiger partial charge in [0.15, 0.2) is 0 Å². The molecule has 0 bridgehead atoms. The van der Waals surface area contributed by atoms with Gasteiger partial charge in [-0.05, 0) is 66.2 Å². The minimum atomic E-state index is -0.317. The number of pyridine rings is 1. The quantitative estimate of drug-likeness (QED) is 0.520. The standard InChI is InChI=1S/C20H17BrFN5O/c1-12-19(13(2)27(25-12)17-6-4-15(22)5-7-17)20(28)23-9-16-11-26-10-14(21)3-8-18(26)24-16/h3-8,10-11H,9H2,1-2H3,(H,23,28). The number of aromatic nitrogens is 4. The van der Waals surface area contributed by atoms with Crippen molar-refractivity contribution in [2.75, 3.05) is 0 Å². The van der Waals surface area contributed by atoms with Gasteiger partial charge in [-0.1, -0.05) is 0 Å². The number of imidazole rings is 1. The SMILES string of the molecule is Cc1nn(-c2ccc(F)cc2)c(C)c1C(=O)NCc1cn2cc(Br)ccc2n1. The third-order valence-electron chi connectivity index (χ3n) is 4.48. The first kappa shape index (κ1) is 18.4. The summed E-state index contributed by atoms with van der Waals surface area (Å²) >= 11 is 3.43. The monoisotopic (exact) mass is 441 g/mol. The van der Waals surface area contributed by atoms with E-state index in [4.69, 9.17) is 0 Å².